The van der Waals surface area contributed by atoms with Crippen LogP contribution in [0.5, 0.6) is 0 Å². The highest BCUT2D eigenvalue weighted by Crippen LogP contribution is 2.44. The number of aromatic carboxylic acids is 1. The second-order valence-electron chi connectivity index (χ2n) is 5.09. The van der Waals surface area contributed by atoms with E-state index in [2.05, 4.69) is 17.6 Å². The molecule has 0 aromatic heterocycles. The summed E-state index contributed by atoms with van der Waals surface area (Å²) in [6.45, 7) is 2.68. The Morgan fingerprint density at radius 1 is 1.42 bits per heavy atom. The zero-order valence-electron chi connectivity index (χ0n) is 10.5. The molecule has 1 fully saturated rings. The van der Waals surface area contributed by atoms with Crippen LogP contribution in [0.4, 0.5) is 10.5 Å². The van der Waals surface area contributed by atoms with E-state index in [1.807, 2.05) is 0 Å². The van der Waals surface area contributed by atoms with Crippen molar-refractivity contribution in [2.75, 3.05) is 11.9 Å². The molecule has 3 N–H and O–H groups in total. The number of carbonyl (C=O) groups excluding carboxylic acids is 1. The molecule has 1 aliphatic carbocycles. The summed E-state index contributed by atoms with van der Waals surface area (Å²) in [5, 5.41) is 14.4. The molecule has 0 spiro atoms. The van der Waals surface area contributed by atoms with Gasteiger partial charge < -0.3 is 15.7 Å². The van der Waals surface area contributed by atoms with Crippen LogP contribution in [-0.2, 0) is 0 Å². The largest absolute Gasteiger partial charge is 0.478 e. The Kier molecular flexibility index (Phi) is 3.66. The Morgan fingerprint density at radius 3 is 2.68 bits per heavy atom. The number of hydrogen-bond donors (Lipinski definition) is 3. The third-order valence-electron chi connectivity index (χ3n) is 3.25. The van der Waals surface area contributed by atoms with E-state index in [4.69, 9.17) is 16.7 Å². The number of carboxylic acid groups (broad SMARTS) is 1. The van der Waals surface area contributed by atoms with Gasteiger partial charge in [-0.25, -0.2) is 9.59 Å². The molecule has 0 aliphatic heterocycles. The molecule has 1 aromatic carbocycles. The van der Waals surface area contributed by atoms with Crippen LogP contribution in [0.1, 0.15) is 30.1 Å². The zero-order chi connectivity index (χ0) is 14.0. The van der Waals surface area contributed by atoms with E-state index in [0.717, 1.165) is 12.8 Å². The van der Waals surface area contributed by atoms with Gasteiger partial charge in [-0.2, -0.15) is 0 Å². The average Bonchev–Trinajstić information content (AvgIpc) is 3.05. The van der Waals surface area contributed by atoms with Crippen molar-refractivity contribution in [3.8, 4) is 0 Å². The normalized spacial score (nSPS) is 15.7. The second-order valence-corrected chi connectivity index (χ2v) is 5.49. The highest BCUT2D eigenvalue weighted by molar-refractivity contribution is 6.34. The number of anilines is 1. The molecule has 0 saturated heterocycles. The first-order valence-corrected chi connectivity index (χ1v) is 6.36. The van der Waals surface area contributed by atoms with Crippen LogP contribution >= 0.6 is 11.6 Å². The van der Waals surface area contributed by atoms with E-state index in [-0.39, 0.29) is 21.7 Å². The number of carbonyl (C=O) groups is 2. The van der Waals surface area contributed by atoms with Crippen molar-refractivity contribution in [1.82, 2.24) is 5.32 Å². The highest BCUT2D eigenvalue weighted by atomic mass is 35.5. The maximum Gasteiger partial charge on any atom is 0.339 e. The first-order chi connectivity index (χ1) is 8.91. The van der Waals surface area contributed by atoms with Gasteiger partial charge in [0.1, 0.15) is 5.56 Å². The molecule has 6 heteroatoms. The van der Waals surface area contributed by atoms with Crippen molar-refractivity contribution in [1.29, 1.82) is 0 Å². The van der Waals surface area contributed by atoms with Crippen LogP contribution in [0.2, 0.25) is 5.02 Å². The molecule has 1 saturated carbocycles. The van der Waals surface area contributed by atoms with Gasteiger partial charge >= 0.3 is 12.0 Å². The molecule has 0 heterocycles. The van der Waals surface area contributed by atoms with Crippen LogP contribution in [0.25, 0.3) is 0 Å². The Labute approximate surface area is 116 Å². The minimum atomic E-state index is -1.17. The summed E-state index contributed by atoms with van der Waals surface area (Å²) < 4.78 is 0. The van der Waals surface area contributed by atoms with E-state index >= 15 is 0 Å². The van der Waals surface area contributed by atoms with Crippen molar-refractivity contribution < 1.29 is 14.7 Å². The molecule has 102 valence electrons. The molecule has 0 bridgehead atoms. The quantitative estimate of drug-likeness (QED) is 0.794. The number of benzene rings is 1. The molecule has 2 amide bonds. The molecule has 0 atom stereocenters. The summed E-state index contributed by atoms with van der Waals surface area (Å²) in [6, 6.07) is 4.15. The van der Waals surface area contributed by atoms with Crippen LogP contribution in [-0.4, -0.2) is 23.7 Å². The van der Waals surface area contributed by atoms with Gasteiger partial charge in [0.15, 0.2) is 0 Å². The molecule has 19 heavy (non-hydrogen) atoms. The number of nitrogens with one attached hydrogen (secondary N) is 2. The fourth-order valence-corrected chi connectivity index (χ4v) is 1.95. The number of rotatable bonds is 4. The van der Waals surface area contributed by atoms with Crippen LogP contribution in [0, 0.1) is 5.41 Å². The molecule has 0 unspecified atom stereocenters. The predicted octanol–water partition coefficient (Wildman–Crippen LogP) is 2.96. The lowest BCUT2D eigenvalue weighted by Gasteiger charge is -2.13. The molecule has 2 rings (SSSR count). The highest BCUT2D eigenvalue weighted by Gasteiger charge is 2.37. The molecule has 1 aromatic rings. The molecule has 1 aliphatic rings. The Bertz CT molecular complexity index is 527. The number of hydrogen-bond acceptors (Lipinski definition) is 2. The van der Waals surface area contributed by atoms with Crippen molar-refractivity contribution in [2.45, 2.75) is 19.8 Å². The minimum Gasteiger partial charge on any atom is -0.478 e. The van der Waals surface area contributed by atoms with Crippen molar-refractivity contribution in [2.24, 2.45) is 5.41 Å². The lowest BCUT2D eigenvalue weighted by molar-refractivity contribution is 0.0698. The third-order valence-corrected chi connectivity index (χ3v) is 3.57. The standard InChI is InChI=1S/C13H15ClN2O3/c1-13(5-6-13)7-15-12(19)16-9-4-2-3-8(14)10(9)11(17)18/h2-4H,5-7H2,1H3,(H,17,18)(H2,15,16,19). The zero-order valence-corrected chi connectivity index (χ0v) is 11.3. The summed E-state index contributed by atoms with van der Waals surface area (Å²) in [6.07, 6.45) is 2.20. The van der Waals surface area contributed by atoms with E-state index in [0.29, 0.717) is 6.54 Å². The van der Waals surface area contributed by atoms with E-state index in [1.165, 1.54) is 12.1 Å². The Hall–Kier alpha value is -1.75. The number of amides is 2. The summed E-state index contributed by atoms with van der Waals surface area (Å²) in [4.78, 5) is 22.8. The Morgan fingerprint density at radius 2 is 2.11 bits per heavy atom. The van der Waals surface area contributed by atoms with Gasteiger partial charge in [-0.1, -0.05) is 24.6 Å². The lowest BCUT2D eigenvalue weighted by Crippen LogP contribution is -2.33. The maximum atomic E-state index is 11.7. The van der Waals surface area contributed by atoms with Crippen LogP contribution < -0.4 is 10.6 Å². The maximum absolute atomic E-state index is 11.7. The minimum absolute atomic E-state index is 0.0967. The van der Waals surface area contributed by atoms with Crippen molar-refractivity contribution in [3.63, 3.8) is 0 Å². The summed E-state index contributed by atoms with van der Waals surface area (Å²) in [5.41, 5.74) is 0.289. The van der Waals surface area contributed by atoms with Gasteiger partial charge in [0, 0.05) is 6.54 Å². The summed E-state index contributed by atoms with van der Waals surface area (Å²) >= 11 is 5.81. The smallest absolute Gasteiger partial charge is 0.339 e. The van der Waals surface area contributed by atoms with Crippen LogP contribution in [0.3, 0.4) is 0 Å². The molecule has 0 radical (unpaired) electrons. The number of carboxylic acids is 1. The monoisotopic (exact) mass is 282 g/mol. The first-order valence-electron chi connectivity index (χ1n) is 5.98. The number of urea groups is 1. The second kappa shape index (κ2) is 5.09. The lowest BCUT2D eigenvalue weighted by atomic mass is 10.1. The molecular formula is C13H15ClN2O3. The fraction of sp³-hybridized carbons (Fsp3) is 0.385. The SMILES string of the molecule is CC1(CNC(=O)Nc2cccc(Cl)c2C(=O)O)CC1. The van der Waals surface area contributed by atoms with Gasteiger partial charge in [0.2, 0.25) is 0 Å². The van der Waals surface area contributed by atoms with Crippen molar-refractivity contribution >= 4 is 29.3 Å². The first kappa shape index (κ1) is 13.7. The van der Waals surface area contributed by atoms with Crippen LogP contribution in [0.15, 0.2) is 18.2 Å². The Balaban J connectivity index is 2.04. The molecule has 5 nitrogen and oxygen atoms in total. The van der Waals surface area contributed by atoms with E-state index in [1.54, 1.807) is 6.07 Å². The summed E-state index contributed by atoms with van der Waals surface area (Å²) in [7, 11) is 0. The number of halogens is 1. The van der Waals surface area contributed by atoms with Gasteiger partial charge in [-0.15, -0.1) is 0 Å². The average molecular weight is 283 g/mol. The van der Waals surface area contributed by atoms with E-state index < -0.39 is 12.0 Å². The third kappa shape index (κ3) is 3.38. The van der Waals surface area contributed by atoms with E-state index in [9.17, 15) is 9.59 Å². The molecular weight excluding hydrogens is 268 g/mol. The van der Waals surface area contributed by atoms with Gasteiger partial charge in [-0.05, 0) is 30.4 Å². The van der Waals surface area contributed by atoms with Gasteiger partial charge in [0.05, 0.1) is 10.7 Å². The topological polar surface area (TPSA) is 78.4 Å². The van der Waals surface area contributed by atoms with Crippen molar-refractivity contribution in [3.05, 3.63) is 28.8 Å². The van der Waals surface area contributed by atoms with Gasteiger partial charge in [0.25, 0.3) is 0 Å². The predicted molar refractivity (Wildman–Crippen MR) is 72.8 cm³/mol. The summed E-state index contributed by atoms with van der Waals surface area (Å²) in [5.74, 6) is -1.17. The fourth-order valence-electron chi connectivity index (χ4n) is 1.70. The van der Waals surface area contributed by atoms with Gasteiger partial charge in [-0.3, -0.25) is 0 Å².